The summed E-state index contributed by atoms with van der Waals surface area (Å²) >= 11 is 11.6. The summed E-state index contributed by atoms with van der Waals surface area (Å²) in [5.41, 5.74) is 0.400. The number of hydrogen-bond donors (Lipinski definition) is 1. The van der Waals surface area contributed by atoms with E-state index >= 15 is 0 Å². The van der Waals surface area contributed by atoms with Gasteiger partial charge in [-0.05, 0) is 49.9 Å². The van der Waals surface area contributed by atoms with Gasteiger partial charge in [0.2, 0.25) is 0 Å². The molecule has 1 aromatic heterocycles. The molecule has 1 aromatic carbocycles. The van der Waals surface area contributed by atoms with Crippen molar-refractivity contribution < 1.29 is 13.2 Å². The van der Waals surface area contributed by atoms with Gasteiger partial charge in [0.1, 0.15) is 15.8 Å². The third-order valence-electron chi connectivity index (χ3n) is 3.76. The van der Waals surface area contributed by atoms with Crippen LogP contribution in [0.2, 0.25) is 10.3 Å². The number of anilines is 1. The van der Waals surface area contributed by atoms with Crippen LogP contribution in [0.1, 0.15) is 25.7 Å². The summed E-state index contributed by atoms with van der Waals surface area (Å²) in [4.78, 5) is 3.63. The topological polar surface area (TPSA) is 68.3 Å². The van der Waals surface area contributed by atoms with Gasteiger partial charge in [0, 0.05) is 6.07 Å². The smallest absolute Gasteiger partial charge is 0.264 e. The molecular weight excluding hydrogens is 371 g/mol. The van der Waals surface area contributed by atoms with Crippen molar-refractivity contribution >= 4 is 38.9 Å². The van der Waals surface area contributed by atoms with Crippen LogP contribution < -0.4 is 9.46 Å². The van der Waals surface area contributed by atoms with Gasteiger partial charge in [0.15, 0.2) is 5.15 Å². The Balaban J connectivity index is 1.79. The fourth-order valence-electron chi connectivity index (χ4n) is 2.64. The van der Waals surface area contributed by atoms with E-state index < -0.39 is 10.0 Å². The van der Waals surface area contributed by atoms with Crippen molar-refractivity contribution in [3.8, 4) is 5.75 Å². The Labute approximate surface area is 151 Å². The lowest BCUT2D eigenvalue weighted by Gasteiger charge is -2.14. The van der Waals surface area contributed by atoms with Crippen LogP contribution >= 0.6 is 23.2 Å². The SMILES string of the molecule is O=S(=O)(Nc1cccc(OC2CCCC2)c1)c1ccc(Cl)nc1Cl. The second-order valence-corrected chi connectivity index (χ2v) is 7.98. The number of aromatic nitrogens is 1. The summed E-state index contributed by atoms with van der Waals surface area (Å²) in [5, 5.41) is -0.0423. The van der Waals surface area contributed by atoms with Crippen molar-refractivity contribution in [3.05, 3.63) is 46.7 Å². The van der Waals surface area contributed by atoms with E-state index in [-0.39, 0.29) is 21.3 Å². The van der Waals surface area contributed by atoms with Gasteiger partial charge in [0.25, 0.3) is 10.0 Å². The van der Waals surface area contributed by atoms with E-state index in [2.05, 4.69) is 9.71 Å². The minimum Gasteiger partial charge on any atom is -0.490 e. The number of rotatable bonds is 5. The first kappa shape index (κ1) is 17.3. The maximum Gasteiger partial charge on any atom is 0.264 e. The van der Waals surface area contributed by atoms with Gasteiger partial charge in [-0.3, -0.25) is 4.72 Å². The van der Waals surface area contributed by atoms with E-state index in [1.165, 1.54) is 25.0 Å². The largest absolute Gasteiger partial charge is 0.490 e. The Morgan fingerprint density at radius 2 is 1.88 bits per heavy atom. The second kappa shape index (κ2) is 7.17. The fraction of sp³-hybridized carbons (Fsp3) is 0.312. The first-order valence-corrected chi connectivity index (χ1v) is 9.79. The summed E-state index contributed by atoms with van der Waals surface area (Å²) in [6.07, 6.45) is 4.59. The monoisotopic (exact) mass is 386 g/mol. The average molecular weight is 387 g/mol. The molecule has 0 bridgehead atoms. The molecule has 0 spiro atoms. The van der Waals surface area contributed by atoms with E-state index in [0.717, 1.165) is 12.8 Å². The maximum atomic E-state index is 12.5. The predicted octanol–water partition coefficient (Wildman–Crippen LogP) is 4.51. The quantitative estimate of drug-likeness (QED) is 0.767. The third-order valence-corrected chi connectivity index (χ3v) is 5.78. The van der Waals surface area contributed by atoms with Crippen molar-refractivity contribution in [2.45, 2.75) is 36.7 Å². The van der Waals surface area contributed by atoms with Crippen molar-refractivity contribution in [2.75, 3.05) is 4.72 Å². The summed E-state index contributed by atoms with van der Waals surface area (Å²) < 4.78 is 33.3. The van der Waals surface area contributed by atoms with Crippen molar-refractivity contribution in [1.82, 2.24) is 4.98 Å². The lowest BCUT2D eigenvalue weighted by atomic mass is 10.3. The Hall–Kier alpha value is -1.50. The molecule has 0 atom stereocenters. The molecule has 128 valence electrons. The molecule has 0 saturated heterocycles. The molecule has 0 radical (unpaired) electrons. The molecule has 1 aliphatic rings. The van der Waals surface area contributed by atoms with Gasteiger partial charge >= 0.3 is 0 Å². The normalized spacial score (nSPS) is 15.4. The molecule has 8 heteroatoms. The molecule has 1 heterocycles. The first-order valence-electron chi connectivity index (χ1n) is 7.56. The highest BCUT2D eigenvalue weighted by Gasteiger charge is 2.20. The molecule has 0 unspecified atom stereocenters. The molecule has 5 nitrogen and oxygen atoms in total. The highest BCUT2D eigenvalue weighted by Crippen LogP contribution is 2.28. The van der Waals surface area contributed by atoms with Crippen molar-refractivity contribution in [3.63, 3.8) is 0 Å². The van der Waals surface area contributed by atoms with E-state index in [4.69, 9.17) is 27.9 Å². The van der Waals surface area contributed by atoms with E-state index in [1.807, 2.05) is 6.07 Å². The number of nitrogens with zero attached hydrogens (tertiary/aromatic N) is 1. The zero-order valence-corrected chi connectivity index (χ0v) is 15.0. The van der Waals surface area contributed by atoms with Gasteiger partial charge in [-0.25, -0.2) is 13.4 Å². The zero-order valence-electron chi connectivity index (χ0n) is 12.7. The standard InChI is InChI=1S/C16H16Cl2N2O3S/c17-15-9-8-14(16(18)19-15)24(21,22)20-11-4-3-7-13(10-11)23-12-5-1-2-6-12/h3-4,7-10,12,20H,1-2,5-6H2. The van der Waals surface area contributed by atoms with E-state index in [1.54, 1.807) is 18.2 Å². The van der Waals surface area contributed by atoms with Crippen LogP contribution in [0, 0.1) is 0 Å². The summed E-state index contributed by atoms with van der Waals surface area (Å²) in [6, 6.07) is 9.56. The van der Waals surface area contributed by atoms with Gasteiger partial charge < -0.3 is 4.74 Å². The van der Waals surface area contributed by atoms with Gasteiger partial charge in [-0.15, -0.1) is 0 Å². The van der Waals surface area contributed by atoms with Gasteiger partial charge in [-0.1, -0.05) is 29.3 Å². The number of ether oxygens (including phenoxy) is 1. The van der Waals surface area contributed by atoms with Crippen LogP contribution in [0.3, 0.4) is 0 Å². The molecule has 1 N–H and O–H groups in total. The molecule has 3 rings (SSSR count). The number of halogens is 2. The molecule has 1 aliphatic carbocycles. The fourth-order valence-corrected chi connectivity index (χ4v) is 4.35. The summed E-state index contributed by atoms with van der Waals surface area (Å²) in [6.45, 7) is 0. The third kappa shape index (κ3) is 4.12. The Morgan fingerprint density at radius 3 is 2.58 bits per heavy atom. The van der Waals surface area contributed by atoms with Crippen LogP contribution in [-0.2, 0) is 10.0 Å². The van der Waals surface area contributed by atoms with Crippen molar-refractivity contribution in [2.24, 2.45) is 0 Å². The molecular formula is C16H16Cl2N2O3S. The second-order valence-electron chi connectivity index (χ2n) is 5.58. The highest BCUT2D eigenvalue weighted by molar-refractivity contribution is 7.92. The lowest BCUT2D eigenvalue weighted by molar-refractivity contribution is 0.210. The Kier molecular flexibility index (Phi) is 5.18. The number of sulfonamides is 1. The molecule has 0 amide bonds. The molecule has 2 aromatic rings. The number of pyridine rings is 1. The Morgan fingerprint density at radius 1 is 1.12 bits per heavy atom. The lowest BCUT2D eigenvalue weighted by Crippen LogP contribution is -2.14. The van der Waals surface area contributed by atoms with Crippen LogP contribution in [0.15, 0.2) is 41.3 Å². The van der Waals surface area contributed by atoms with Crippen LogP contribution in [0.4, 0.5) is 5.69 Å². The first-order chi connectivity index (χ1) is 11.4. The van der Waals surface area contributed by atoms with E-state index in [9.17, 15) is 8.42 Å². The van der Waals surface area contributed by atoms with Crippen LogP contribution in [0.25, 0.3) is 0 Å². The van der Waals surface area contributed by atoms with E-state index in [0.29, 0.717) is 11.4 Å². The predicted molar refractivity (Wildman–Crippen MR) is 94.4 cm³/mol. The van der Waals surface area contributed by atoms with Gasteiger partial charge in [-0.2, -0.15) is 0 Å². The number of nitrogens with one attached hydrogen (secondary N) is 1. The van der Waals surface area contributed by atoms with Crippen molar-refractivity contribution in [1.29, 1.82) is 0 Å². The highest BCUT2D eigenvalue weighted by atomic mass is 35.5. The minimum atomic E-state index is -3.86. The molecule has 1 fully saturated rings. The number of hydrogen-bond acceptors (Lipinski definition) is 4. The zero-order chi connectivity index (χ0) is 17.2. The minimum absolute atomic E-state index is 0.129. The Bertz CT molecular complexity index is 837. The molecule has 1 saturated carbocycles. The summed E-state index contributed by atoms with van der Waals surface area (Å²) in [7, 11) is -3.86. The van der Waals surface area contributed by atoms with Crippen LogP contribution in [0.5, 0.6) is 5.75 Å². The molecule has 0 aliphatic heterocycles. The van der Waals surface area contributed by atoms with Crippen LogP contribution in [-0.4, -0.2) is 19.5 Å². The maximum absolute atomic E-state index is 12.5. The summed E-state index contributed by atoms with van der Waals surface area (Å²) in [5.74, 6) is 0.641. The average Bonchev–Trinajstić information content (AvgIpc) is 2.99. The van der Waals surface area contributed by atoms with Gasteiger partial charge in [0.05, 0.1) is 11.8 Å². The number of benzene rings is 1. The molecule has 24 heavy (non-hydrogen) atoms.